The van der Waals surface area contributed by atoms with Gasteiger partial charge in [-0.15, -0.1) is 0 Å². The summed E-state index contributed by atoms with van der Waals surface area (Å²) in [7, 11) is -1.39. The van der Waals surface area contributed by atoms with Gasteiger partial charge in [-0.2, -0.15) is 0 Å². The SMILES string of the molecule is CCC[C@@H]1CCCC[C@H]1NC(=O)N(C)[C@H](C)CS(=O)(=O)CC. The zero-order valence-corrected chi connectivity index (χ0v) is 15.3. The number of sulfone groups is 1. The van der Waals surface area contributed by atoms with Gasteiger partial charge >= 0.3 is 6.03 Å². The molecule has 0 aromatic carbocycles. The molecule has 0 bridgehead atoms. The molecule has 5 nitrogen and oxygen atoms in total. The Kier molecular flexibility index (Phi) is 7.66. The summed E-state index contributed by atoms with van der Waals surface area (Å²) in [4.78, 5) is 13.9. The van der Waals surface area contributed by atoms with Gasteiger partial charge in [0.05, 0.1) is 5.75 Å². The molecule has 1 N–H and O–H groups in total. The fraction of sp³-hybridized carbons (Fsp3) is 0.938. The van der Waals surface area contributed by atoms with Crippen molar-refractivity contribution < 1.29 is 13.2 Å². The Morgan fingerprint density at radius 2 is 1.91 bits per heavy atom. The fourth-order valence-corrected chi connectivity index (χ4v) is 4.37. The quantitative estimate of drug-likeness (QED) is 0.779. The molecule has 0 aromatic heterocycles. The molecule has 6 heteroatoms. The van der Waals surface area contributed by atoms with Gasteiger partial charge < -0.3 is 10.2 Å². The highest BCUT2D eigenvalue weighted by Gasteiger charge is 2.28. The first-order valence-electron chi connectivity index (χ1n) is 8.54. The Hall–Kier alpha value is -0.780. The van der Waals surface area contributed by atoms with Crippen LogP contribution in [0.1, 0.15) is 59.3 Å². The molecule has 1 rings (SSSR count). The number of urea groups is 1. The molecular formula is C16H32N2O3S. The summed E-state index contributed by atoms with van der Waals surface area (Å²) < 4.78 is 23.4. The summed E-state index contributed by atoms with van der Waals surface area (Å²) >= 11 is 0. The second-order valence-electron chi connectivity index (χ2n) is 6.55. The first-order chi connectivity index (χ1) is 10.3. The third-order valence-electron chi connectivity index (χ3n) is 4.79. The molecule has 0 radical (unpaired) electrons. The van der Waals surface area contributed by atoms with Crippen molar-refractivity contribution in [1.29, 1.82) is 0 Å². The molecule has 0 aromatic rings. The molecule has 130 valence electrons. The van der Waals surface area contributed by atoms with Crippen molar-refractivity contribution in [3.05, 3.63) is 0 Å². The van der Waals surface area contributed by atoms with Gasteiger partial charge in [-0.05, 0) is 32.1 Å². The second-order valence-corrected chi connectivity index (χ2v) is 8.95. The average Bonchev–Trinajstić information content (AvgIpc) is 2.48. The molecular weight excluding hydrogens is 300 g/mol. The predicted octanol–water partition coefficient (Wildman–Crippen LogP) is 2.81. The predicted molar refractivity (Wildman–Crippen MR) is 90.7 cm³/mol. The van der Waals surface area contributed by atoms with Gasteiger partial charge in [0.15, 0.2) is 9.84 Å². The summed E-state index contributed by atoms with van der Waals surface area (Å²) in [5.41, 5.74) is 0. The van der Waals surface area contributed by atoms with E-state index in [2.05, 4.69) is 12.2 Å². The van der Waals surface area contributed by atoms with Crippen LogP contribution in [0.4, 0.5) is 4.79 Å². The monoisotopic (exact) mass is 332 g/mol. The van der Waals surface area contributed by atoms with Crippen LogP contribution in [0.25, 0.3) is 0 Å². The van der Waals surface area contributed by atoms with E-state index in [9.17, 15) is 13.2 Å². The van der Waals surface area contributed by atoms with Crippen LogP contribution >= 0.6 is 0 Å². The summed E-state index contributed by atoms with van der Waals surface area (Å²) in [5, 5.41) is 3.13. The number of rotatable bonds is 7. The van der Waals surface area contributed by atoms with E-state index in [1.54, 1.807) is 20.9 Å². The van der Waals surface area contributed by atoms with Gasteiger partial charge in [0.1, 0.15) is 0 Å². The van der Waals surface area contributed by atoms with Crippen molar-refractivity contribution in [1.82, 2.24) is 10.2 Å². The lowest BCUT2D eigenvalue weighted by Gasteiger charge is -2.34. The first-order valence-corrected chi connectivity index (χ1v) is 10.4. The molecule has 22 heavy (non-hydrogen) atoms. The van der Waals surface area contributed by atoms with Crippen LogP contribution in [0, 0.1) is 5.92 Å². The summed E-state index contributed by atoms with van der Waals surface area (Å²) in [6.07, 6.45) is 6.91. The third-order valence-corrected chi connectivity index (χ3v) is 6.66. The maximum Gasteiger partial charge on any atom is 0.317 e. The Morgan fingerprint density at radius 3 is 2.50 bits per heavy atom. The van der Waals surface area contributed by atoms with E-state index in [4.69, 9.17) is 0 Å². The maximum absolute atomic E-state index is 12.4. The van der Waals surface area contributed by atoms with Gasteiger partial charge in [-0.3, -0.25) is 0 Å². The molecule has 0 aliphatic heterocycles. The molecule has 1 fully saturated rings. The minimum absolute atomic E-state index is 0.0243. The van der Waals surface area contributed by atoms with E-state index in [1.807, 2.05) is 0 Å². The Morgan fingerprint density at radius 1 is 1.27 bits per heavy atom. The topological polar surface area (TPSA) is 66.5 Å². The van der Waals surface area contributed by atoms with E-state index in [0.717, 1.165) is 25.7 Å². The largest absolute Gasteiger partial charge is 0.335 e. The van der Waals surface area contributed by atoms with Crippen molar-refractivity contribution in [2.75, 3.05) is 18.6 Å². The van der Waals surface area contributed by atoms with Gasteiger partial charge in [0.25, 0.3) is 0 Å². The standard InChI is InChI=1S/C16H32N2O3S/c1-5-9-14-10-7-8-11-15(14)17-16(19)18(4)13(3)12-22(20,21)6-2/h13-15H,5-12H2,1-4H3,(H,17,19)/t13-,14-,15-/m1/s1. The smallest absolute Gasteiger partial charge is 0.317 e. The van der Waals surface area contributed by atoms with Crippen LogP contribution in [-0.2, 0) is 9.84 Å². The van der Waals surface area contributed by atoms with E-state index >= 15 is 0 Å². The zero-order chi connectivity index (χ0) is 16.8. The van der Waals surface area contributed by atoms with Gasteiger partial charge in [-0.25, -0.2) is 13.2 Å². The molecule has 0 unspecified atom stereocenters. The molecule has 0 heterocycles. The van der Waals surface area contributed by atoms with Crippen LogP contribution in [0.3, 0.4) is 0 Å². The Labute approximate surface area is 135 Å². The lowest BCUT2D eigenvalue weighted by atomic mass is 9.82. The number of nitrogens with one attached hydrogen (secondary N) is 1. The summed E-state index contributed by atoms with van der Waals surface area (Å²) in [5.74, 6) is 0.704. The lowest BCUT2D eigenvalue weighted by molar-refractivity contribution is 0.177. The molecule has 2 amide bonds. The number of hydrogen-bond donors (Lipinski definition) is 1. The summed E-state index contributed by atoms with van der Waals surface area (Å²) in [6.45, 7) is 5.61. The molecule has 0 saturated heterocycles. The van der Waals surface area contributed by atoms with Gasteiger partial charge in [0.2, 0.25) is 0 Å². The minimum Gasteiger partial charge on any atom is -0.335 e. The lowest BCUT2D eigenvalue weighted by Crippen LogP contribution is -2.51. The van der Waals surface area contributed by atoms with Crippen LogP contribution in [0.15, 0.2) is 0 Å². The molecule has 1 aliphatic rings. The highest BCUT2D eigenvalue weighted by Crippen LogP contribution is 2.28. The number of carbonyl (C=O) groups excluding carboxylic acids is 1. The van der Waals surface area contributed by atoms with Crippen molar-refractivity contribution in [2.24, 2.45) is 5.92 Å². The second kappa shape index (κ2) is 8.75. The van der Waals surface area contributed by atoms with E-state index in [-0.39, 0.29) is 29.6 Å². The molecule has 1 saturated carbocycles. The summed E-state index contributed by atoms with van der Waals surface area (Å²) in [6, 6.07) is -0.219. The fourth-order valence-electron chi connectivity index (χ4n) is 3.17. The van der Waals surface area contributed by atoms with E-state index in [1.165, 1.54) is 17.7 Å². The van der Waals surface area contributed by atoms with E-state index < -0.39 is 9.84 Å². The number of nitrogens with zero attached hydrogens (tertiary/aromatic N) is 1. The average molecular weight is 333 g/mol. The highest BCUT2D eigenvalue weighted by atomic mass is 32.2. The molecule has 0 spiro atoms. The van der Waals surface area contributed by atoms with Crippen LogP contribution in [0.2, 0.25) is 0 Å². The number of amides is 2. The minimum atomic E-state index is -3.07. The molecule has 1 aliphatic carbocycles. The zero-order valence-electron chi connectivity index (χ0n) is 14.5. The van der Waals surface area contributed by atoms with Gasteiger partial charge in [0, 0.05) is 24.9 Å². The highest BCUT2D eigenvalue weighted by molar-refractivity contribution is 7.91. The van der Waals surface area contributed by atoms with Crippen LogP contribution in [-0.4, -0.2) is 50.0 Å². The van der Waals surface area contributed by atoms with Crippen LogP contribution < -0.4 is 5.32 Å². The van der Waals surface area contributed by atoms with Crippen molar-refractivity contribution in [3.8, 4) is 0 Å². The maximum atomic E-state index is 12.4. The van der Waals surface area contributed by atoms with Crippen molar-refractivity contribution in [3.63, 3.8) is 0 Å². The first kappa shape index (κ1) is 19.3. The Balaban J connectivity index is 2.58. The van der Waals surface area contributed by atoms with E-state index in [0.29, 0.717) is 5.92 Å². The number of hydrogen-bond acceptors (Lipinski definition) is 3. The Bertz CT molecular complexity index is 448. The van der Waals surface area contributed by atoms with Crippen LogP contribution in [0.5, 0.6) is 0 Å². The normalized spacial score (nSPS) is 23.8. The van der Waals surface area contributed by atoms with Crippen molar-refractivity contribution >= 4 is 15.9 Å². The van der Waals surface area contributed by atoms with Crippen molar-refractivity contribution in [2.45, 2.75) is 71.4 Å². The molecule has 3 atom stereocenters. The number of carbonyl (C=O) groups is 1. The van der Waals surface area contributed by atoms with Gasteiger partial charge in [-0.1, -0.05) is 33.1 Å². The third kappa shape index (κ3) is 5.78.